The quantitative estimate of drug-likeness (QED) is 0.576. The van der Waals surface area contributed by atoms with Crippen molar-refractivity contribution >= 4 is 23.6 Å². The van der Waals surface area contributed by atoms with E-state index in [1.54, 1.807) is 17.8 Å². The molecule has 0 fully saturated rings. The van der Waals surface area contributed by atoms with Crippen LogP contribution >= 0.6 is 11.8 Å². The fourth-order valence-corrected chi connectivity index (χ4v) is 1.76. The summed E-state index contributed by atoms with van der Waals surface area (Å²) in [5, 5.41) is 11.5. The Kier molecular flexibility index (Phi) is 5.93. The number of amides is 1. The number of nitrogens with zero attached hydrogens (tertiary/aromatic N) is 1. The largest absolute Gasteiger partial charge is 0.478 e. The van der Waals surface area contributed by atoms with Crippen molar-refractivity contribution in [3.05, 3.63) is 42.2 Å². The van der Waals surface area contributed by atoms with Crippen LogP contribution in [-0.4, -0.2) is 40.0 Å². The molecule has 1 amide bonds. The molecule has 2 N–H and O–H groups in total. The van der Waals surface area contributed by atoms with Crippen molar-refractivity contribution in [2.24, 2.45) is 0 Å². The molecular formula is C12H14N2O3S. The van der Waals surface area contributed by atoms with Crippen LogP contribution in [0, 0.1) is 0 Å². The van der Waals surface area contributed by atoms with Gasteiger partial charge in [0.05, 0.1) is 5.56 Å². The minimum absolute atomic E-state index is 0.0520. The fraction of sp³-hybridized carbons (Fsp3) is 0.250. The second-order valence-electron chi connectivity index (χ2n) is 3.35. The molecule has 0 saturated carbocycles. The number of carboxylic acid groups (broad SMARTS) is 1. The molecule has 5 nitrogen and oxygen atoms in total. The zero-order valence-corrected chi connectivity index (χ0v) is 10.6. The standard InChI is InChI=1S/C12H14N2O3S/c1-2-6-18-7-5-14-11(15)10-8-9(12(16)17)3-4-13-10/h2-4,8H,1,5-7H2,(H,14,15)(H,16,17). The average molecular weight is 266 g/mol. The van der Waals surface area contributed by atoms with Gasteiger partial charge in [-0.1, -0.05) is 6.08 Å². The van der Waals surface area contributed by atoms with Gasteiger partial charge < -0.3 is 10.4 Å². The van der Waals surface area contributed by atoms with Crippen LogP contribution in [-0.2, 0) is 0 Å². The van der Waals surface area contributed by atoms with Gasteiger partial charge in [-0.3, -0.25) is 9.78 Å². The summed E-state index contributed by atoms with van der Waals surface area (Å²) in [6.07, 6.45) is 3.11. The monoisotopic (exact) mass is 266 g/mol. The first-order valence-electron chi connectivity index (χ1n) is 5.31. The average Bonchev–Trinajstić information content (AvgIpc) is 2.38. The van der Waals surface area contributed by atoms with Crippen molar-refractivity contribution < 1.29 is 14.7 Å². The molecule has 0 aliphatic heterocycles. The highest BCUT2D eigenvalue weighted by Crippen LogP contribution is 2.02. The lowest BCUT2D eigenvalue weighted by Gasteiger charge is -2.04. The van der Waals surface area contributed by atoms with Crippen LogP contribution in [0.5, 0.6) is 0 Å². The van der Waals surface area contributed by atoms with Gasteiger partial charge in [0.2, 0.25) is 0 Å². The van der Waals surface area contributed by atoms with E-state index >= 15 is 0 Å². The van der Waals surface area contributed by atoms with Gasteiger partial charge in [-0.05, 0) is 12.1 Å². The molecule has 6 heteroatoms. The number of nitrogens with one attached hydrogen (secondary N) is 1. The summed E-state index contributed by atoms with van der Waals surface area (Å²) < 4.78 is 0. The van der Waals surface area contributed by atoms with Gasteiger partial charge in [-0.25, -0.2) is 4.79 Å². The molecule has 96 valence electrons. The van der Waals surface area contributed by atoms with E-state index in [-0.39, 0.29) is 17.2 Å². The van der Waals surface area contributed by atoms with Crippen molar-refractivity contribution in [3.8, 4) is 0 Å². The second kappa shape index (κ2) is 7.50. The number of pyridine rings is 1. The summed E-state index contributed by atoms with van der Waals surface area (Å²) in [5.41, 5.74) is 0.166. The summed E-state index contributed by atoms with van der Waals surface area (Å²) in [5.74, 6) is 0.171. The SMILES string of the molecule is C=CCSCCNC(=O)c1cc(C(=O)O)ccn1. The molecule has 0 atom stereocenters. The van der Waals surface area contributed by atoms with Crippen LogP contribution in [0.4, 0.5) is 0 Å². The molecule has 0 unspecified atom stereocenters. The highest BCUT2D eigenvalue weighted by atomic mass is 32.2. The Labute approximate surface area is 109 Å². The number of aromatic nitrogens is 1. The van der Waals surface area contributed by atoms with Crippen LogP contribution in [0.25, 0.3) is 0 Å². The Morgan fingerprint density at radius 1 is 1.56 bits per heavy atom. The third-order valence-corrected chi connectivity index (χ3v) is 2.97. The van der Waals surface area contributed by atoms with E-state index in [1.165, 1.54) is 18.3 Å². The van der Waals surface area contributed by atoms with Gasteiger partial charge in [0.25, 0.3) is 5.91 Å². The van der Waals surface area contributed by atoms with Gasteiger partial charge in [0, 0.05) is 24.2 Å². The minimum atomic E-state index is -1.08. The van der Waals surface area contributed by atoms with E-state index in [2.05, 4.69) is 16.9 Å². The smallest absolute Gasteiger partial charge is 0.335 e. The lowest BCUT2D eigenvalue weighted by Crippen LogP contribution is -2.26. The van der Waals surface area contributed by atoms with Gasteiger partial charge in [0.1, 0.15) is 5.69 Å². The van der Waals surface area contributed by atoms with Gasteiger partial charge in [-0.15, -0.1) is 6.58 Å². The lowest BCUT2D eigenvalue weighted by molar-refractivity contribution is 0.0696. The highest BCUT2D eigenvalue weighted by Gasteiger charge is 2.10. The number of hydrogen-bond donors (Lipinski definition) is 2. The normalized spacial score (nSPS) is 9.78. The number of carbonyl (C=O) groups excluding carboxylic acids is 1. The highest BCUT2D eigenvalue weighted by molar-refractivity contribution is 7.99. The summed E-state index contributed by atoms with van der Waals surface area (Å²) in [6.45, 7) is 4.10. The Morgan fingerprint density at radius 3 is 3.00 bits per heavy atom. The molecular weight excluding hydrogens is 252 g/mol. The zero-order valence-electron chi connectivity index (χ0n) is 9.76. The van der Waals surface area contributed by atoms with E-state index in [1.807, 2.05) is 0 Å². The van der Waals surface area contributed by atoms with Crippen molar-refractivity contribution in [1.82, 2.24) is 10.3 Å². The number of hydrogen-bond acceptors (Lipinski definition) is 4. The van der Waals surface area contributed by atoms with Crippen molar-refractivity contribution in [2.45, 2.75) is 0 Å². The maximum Gasteiger partial charge on any atom is 0.335 e. The Balaban J connectivity index is 2.48. The first-order valence-corrected chi connectivity index (χ1v) is 6.47. The van der Waals surface area contributed by atoms with Crippen LogP contribution in [0.3, 0.4) is 0 Å². The Hall–Kier alpha value is -1.82. The third kappa shape index (κ3) is 4.58. The van der Waals surface area contributed by atoms with E-state index in [9.17, 15) is 9.59 Å². The first kappa shape index (κ1) is 14.2. The molecule has 0 saturated heterocycles. The Morgan fingerprint density at radius 2 is 2.33 bits per heavy atom. The van der Waals surface area contributed by atoms with Gasteiger partial charge in [-0.2, -0.15) is 11.8 Å². The predicted octanol–water partition coefficient (Wildman–Crippen LogP) is 1.43. The molecule has 0 bridgehead atoms. The van der Waals surface area contributed by atoms with Crippen molar-refractivity contribution in [3.63, 3.8) is 0 Å². The maximum absolute atomic E-state index is 11.7. The number of carboxylic acids is 1. The first-order chi connectivity index (χ1) is 8.65. The van der Waals surface area contributed by atoms with Gasteiger partial charge >= 0.3 is 5.97 Å². The third-order valence-electron chi connectivity index (χ3n) is 2.01. The molecule has 0 spiro atoms. The van der Waals surface area contributed by atoms with Crippen molar-refractivity contribution in [1.29, 1.82) is 0 Å². The molecule has 0 radical (unpaired) electrons. The second-order valence-corrected chi connectivity index (χ2v) is 4.50. The number of aromatic carboxylic acids is 1. The molecule has 1 aromatic rings. The fourth-order valence-electron chi connectivity index (χ4n) is 1.18. The molecule has 0 aliphatic rings. The summed E-state index contributed by atoms with van der Waals surface area (Å²) in [4.78, 5) is 26.2. The molecule has 1 heterocycles. The van der Waals surface area contributed by atoms with Gasteiger partial charge in [0.15, 0.2) is 0 Å². The van der Waals surface area contributed by atoms with Crippen LogP contribution in [0.1, 0.15) is 20.8 Å². The molecule has 0 aromatic carbocycles. The zero-order chi connectivity index (χ0) is 13.4. The minimum Gasteiger partial charge on any atom is -0.478 e. The summed E-state index contributed by atoms with van der Waals surface area (Å²) in [7, 11) is 0. The van der Waals surface area contributed by atoms with E-state index < -0.39 is 5.97 Å². The van der Waals surface area contributed by atoms with Crippen LogP contribution in [0.15, 0.2) is 31.0 Å². The van der Waals surface area contributed by atoms with Crippen molar-refractivity contribution in [2.75, 3.05) is 18.1 Å². The molecule has 18 heavy (non-hydrogen) atoms. The number of carbonyl (C=O) groups is 2. The number of thioether (sulfide) groups is 1. The Bertz CT molecular complexity index is 449. The molecule has 1 rings (SSSR count). The van der Waals surface area contributed by atoms with E-state index in [4.69, 9.17) is 5.11 Å². The van der Waals surface area contributed by atoms with Crippen LogP contribution < -0.4 is 5.32 Å². The molecule has 0 aliphatic carbocycles. The number of rotatable bonds is 7. The lowest BCUT2D eigenvalue weighted by atomic mass is 10.2. The maximum atomic E-state index is 11.7. The van der Waals surface area contributed by atoms with E-state index in [0.29, 0.717) is 6.54 Å². The van der Waals surface area contributed by atoms with Crippen LogP contribution in [0.2, 0.25) is 0 Å². The van der Waals surface area contributed by atoms with E-state index in [0.717, 1.165) is 11.5 Å². The summed E-state index contributed by atoms with van der Waals surface area (Å²) in [6, 6.07) is 2.60. The summed E-state index contributed by atoms with van der Waals surface area (Å²) >= 11 is 1.65. The topological polar surface area (TPSA) is 79.3 Å². The molecule has 1 aromatic heterocycles. The predicted molar refractivity (Wildman–Crippen MR) is 71.1 cm³/mol.